The van der Waals surface area contributed by atoms with Crippen LogP contribution in [0, 0.1) is 6.92 Å². The predicted molar refractivity (Wildman–Crippen MR) is 101 cm³/mol. The van der Waals surface area contributed by atoms with Crippen LogP contribution in [0.3, 0.4) is 0 Å². The fourth-order valence-electron chi connectivity index (χ4n) is 2.95. The number of rotatable bonds is 12. The van der Waals surface area contributed by atoms with Crippen LogP contribution in [-0.4, -0.2) is 32.9 Å². The van der Waals surface area contributed by atoms with Crippen LogP contribution in [-0.2, 0) is 4.79 Å². The molecule has 2 rings (SSSR count). The number of aliphatic carboxylic acids is 1. The molecule has 0 saturated heterocycles. The molecule has 0 aliphatic heterocycles. The number of aryl methyl sites for hydroxylation is 1. The van der Waals surface area contributed by atoms with Gasteiger partial charge in [0.2, 0.25) is 0 Å². The Hall–Kier alpha value is -2.37. The number of carboxylic acids is 1. The first-order valence-electron chi connectivity index (χ1n) is 9.51. The number of unbranched alkanes of at least 4 members (excludes halogenated alkanes) is 7. The van der Waals surface area contributed by atoms with Gasteiger partial charge in [-0.25, -0.2) is 4.98 Å². The van der Waals surface area contributed by atoms with E-state index in [9.17, 15) is 9.59 Å². The number of hydrogen-bond acceptors (Lipinski definition) is 3. The van der Waals surface area contributed by atoms with Crippen molar-refractivity contribution in [1.29, 1.82) is 0 Å². The molecule has 0 fully saturated rings. The quantitative estimate of drug-likeness (QED) is 0.562. The fraction of sp³-hybridized carbons (Fsp3) is 0.550. The molecular weight excluding hydrogens is 330 g/mol. The number of imidazole rings is 1. The fourth-order valence-corrected chi connectivity index (χ4v) is 2.95. The maximum absolute atomic E-state index is 12.2. The van der Waals surface area contributed by atoms with Crippen LogP contribution in [0.5, 0.6) is 0 Å². The molecule has 6 heteroatoms. The minimum atomic E-state index is -0.703. The van der Waals surface area contributed by atoms with E-state index in [0.29, 0.717) is 12.2 Å². The summed E-state index contributed by atoms with van der Waals surface area (Å²) in [5, 5.41) is 11.5. The van der Waals surface area contributed by atoms with Crippen LogP contribution in [0.2, 0.25) is 0 Å². The maximum Gasteiger partial charge on any atom is 0.303 e. The number of carbonyl (C=O) groups is 2. The molecule has 0 radical (unpaired) electrons. The second-order valence-electron chi connectivity index (χ2n) is 6.82. The van der Waals surface area contributed by atoms with Crippen LogP contribution < -0.4 is 5.32 Å². The molecule has 0 bridgehead atoms. The Labute approximate surface area is 154 Å². The Balaban J connectivity index is 1.52. The van der Waals surface area contributed by atoms with Crippen molar-refractivity contribution in [3.05, 3.63) is 35.8 Å². The van der Waals surface area contributed by atoms with Gasteiger partial charge in [0.1, 0.15) is 11.3 Å². The van der Waals surface area contributed by atoms with Gasteiger partial charge in [0.05, 0.1) is 0 Å². The Morgan fingerprint density at radius 2 is 1.73 bits per heavy atom. The summed E-state index contributed by atoms with van der Waals surface area (Å²) >= 11 is 0. The predicted octanol–water partition coefficient (Wildman–Crippen LogP) is 3.97. The highest BCUT2D eigenvalue weighted by Crippen LogP contribution is 2.10. The van der Waals surface area contributed by atoms with Crippen molar-refractivity contribution < 1.29 is 14.7 Å². The van der Waals surface area contributed by atoms with Gasteiger partial charge >= 0.3 is 5.97 Å². The van der Waals surface area contributed by atoms with E-state index in [4.69, 9.17) is 5.11 Å². The molecule has 0 aromatic carbocycles. The number of nitrogens with zero attached hydrogens (tertiary/aromatic N) is 2. The summed E-state index contributed by atoms with van der Waals surface area (Å²) in [6.45, 7) is 2.68. The molecule has 26 heavy (non-hydrogen) atoms. The summed E-state index contributed by atoms with van der Waals surface area (Å²) in [6, 6.07) is 3.95. The molecule has 0 saturated carbocycles. The van der Waals surface area contributed by atoms with E-state index in [2.05, 4.69) is 10.3 Å². The standard InChI is InChI=1S/C20H29N3O3/c1-16-11-13-23-15-17(22-18(23)14-16)20(26)21-12-9-7-5-3-2-4-6-8-10-19(24)25/h11,13-15H,2-10,12H2,1H3,(H,21,26)(H,24,25). The summed E-state index contributed by atoms with van der Waals surface area (Å²) < 4.78 is 1.86. The largest absolute Gasteiger partial charge is 0.481 e. The van der Waals surface area contributed by atoms with Crippen molar-refractivity contribution in [1.82, 2.24) is 14.7 Å². The maximum atomic E-state index is 12.2. The Morgan fingerprint density at radius 1 is 1.08 bits per heavy atom. The van der Waals surface area contributed by atoms with Gasteiger partial charge in [-0.15, -0.1) is 0 Å². The Morgan fingerprint density at radius 3 is 2.42 bits per heavy atom. The zero-order valence-corrected chi connectivity index (χ0v) is 15.5. The molecule has 0 unspecified atom stereocenters. The number of amides is 1. The van der Waals surface area contributed by atoms with Crippen LogP contribution in [0.25, 0.3) is 5.65 Å². The third kappa shape index (κ3) is 6.86. The number of hydrogen-bond donors (Lipinski definition) is 2. The van der Waals surface area contributed by atoms with Crippen molar-refractivity contribution >= 4 is 17.5 Å². The van der Waals surface area contributed by atoms with Gasteiger partial charge < -0.3 is 14.8 Å². The molecule has 0 atom stereocenters. The van der Waals surface area contributed by atoms with E-state index in [1.54, 1.807) is 6.20 Å². The molecule has 0 aliphatic carbocycles. The average molecular weight is 359 g/mol. The molecule has 6 nitrogen and oxygen atoms in total. The van der Waals surface area contributed by atoms with E-state index in [1.807, 2.05) is 29.7 Å². The molecule has 2 heterocycles. The molecule has 2 N–H and O–H groups in total. The van der Waals surface area contributed by atoms with Crippen molar-refractivity contribution in [2.24, 2.45) is 0 Å². The highest BCUT2D eigenvalue weighted by atomic mass is 16.4. The van der Waals surface area contributed by atoms with Crippen molar-refractivity contribution in [3.63, 3.8) is 0 Å². The lowest BCUT2D eigenvalue weighted by Gasteiger charge is -2.04. The molecule has 142 valence electrons. The monoisotopic (exact) mass is 359 g/mol. The first kappa shape index (κ1) is 19.9. The number of fused-ring (bicyclic) bond motifs is 1. The minimum absolute atomic E-state index is 0.121. The topological polar surface area (TPSA) is 83.7 Å². The number of carboxylic acid groups (broad SMARTS) is 1. The Bertz CT molecular complexity index is 724. The summed E-state index contributed by atoms with van der Waals surface area (Å²) in [4.78, 5) is 26.9. The van der Waals surface area contributed by atoms with E-state index in [0.717, 1.165) is 56.2 Å². The summed E-state index contributed by atoms with van der Waals surface area (Å²) in [5.74, 6) is -0.824. The van der Waals surface area contributed by atoms with Gasteiger partial charge in [-0.3, -0.25) is 9.59 Å². The van der Waals surface area contributed by atoms with Gasteiger partial charge in [0.25, 0.3) is 5.91 Å². The molecule has 0 aliphatic rings. The van der Waals surface area contributed by atoms with Crippen LogP contribution >= 0.6 is 0 Å². The highest BCUT2D eigenvalue weighted by Gasteiger charge is 2.09. The van der Waals surface area contributed by atoms with Crippen LogP contribution in [0.15, 0.2) is 24.5 Å². The first-order valence-corrected chi connectivity index (χ1v) is 9.51. The lowest BCUT2D eigenvalue weighted by molar-refractivity contribution is -0.137. The first-order chi connectivity index (χ1) is 12.6. The number of carbonyl (C=O) groups excluding carboxylic acids is 1. The SMILES string of the molecule is Cc1ccn2cc(C(=O)NCCCCCCCCCCC(=O)O)nc2c1. The van der Waals surface area contributed by atoms with E-state index >= 15 is 0 Å². The third-order valence-electron chi connectivity index (χ3n) is 4.45. The van der Waals surface area contributed by atoms with Crippen molar-refractivity contribution in [3.8, 4) is 0 Å². The number of nitrogens with one attached hydrogen (secondary N) is 1. The minimum Gasteiger partial charge on any atom is -0.481 e. The number of aromatic nitrogens is 2. The second kappa shape index (κ2) is 10.6. The average Bonchev–Trinajstić information content (AvgIpc) is 3.02. The molecule has 2 aromatic rings. The zero-order chi connectivity index (χ0) is 18.8. The molecule has 0 spiro atoms. The van der Waals surface area contributed by atoms with Gasteiger partial charge in [-0.1, -0.05) is 38.5 Å². The van der Waals surface area contributed by atoms with E-state index < -0.39 is 5.97 Å². The molecule has 1 amide bonds. The van der Waals surface area contributed by atoms with Gasteiger partial charge in [-0.05, 0) is 37.5 Å². The van der Waals surface area contributed by atoms with Gasteiger partial charge in [0, 0.05) is 25.4 Å². The lowest BCUT2D eigenvalue weighted by atomic mass is 10.1. The van der Waals surface area contributed by atoms with Crippen LogP contribution in [0.1, 0.15) is 73.8 Å². The van der Waals surface area contributed by atoms with Crippen LogP contribution in [0.4, 0.5) is 0 Å². The normalized spacial score (nSPS) is 11.0. The molecule has 2 aromatic heterocycles. The second-order valence-corrected chi connectivity index (χ2v) is 6.82. The lowest BCUT2D eigenvalue weighted by Crippen LogP contribution is -2.24. The van der Waals surface area contributed by atoms with E-state index in [1.165, 1.54) is 6.42 Å². The van der Waals surface area contributed by atoms with Crippen molar-refractivity contribution in [2.75, 3.05) is 6.54 Å². The van der Waals surface area contributed by atoms with Crippen molar-refractivity contribution in [2.45, 2.75) is 64.7 Å². The zero-order valence-electron chi connectivity index (χ0n) is 15.5. The smallest absolute Gasteiger partial charge is 0.303 e. The van der Waals surface area contributed by atoms with Gasteiger partial charge in [0.15, 0.2) is 0 Å². The third-order valence-corrected chi connectivity index (χ3v) is 4.45. The summed E-state index contributed by atoms with van der Waals surface area (Å²) in [5.41, 5.74) is 2.37. The number of pyridine rings is 1. The highest BCUT2D eigenvalue weighted by molar-refractivity contribution is 5.92. The molecular formula is C20H29N3O3. The van der Waals surface area contributed by atoms with E-state index in [-0.39, 0.29) is 12.3 Å². The van der Waals surface area contributed by atoms with Gasteiger partial charge in [-0.2, -0.15) is 0 Å². The summed E-state index contributed by atoms with van der Waals surface area (Å²) in [6.07, 6.45) is 12.4. The summed E-state index contributed by atoms with van der Waals surface area (Å²) in [7, 11) is 0. The Kier molecular flexibility index (Phi) is 8.12.